The first-order valence-electron chi connectivity index (χ1n) is 19.5. The topological polar surface area (TPSA) is 40.0 Å². The zero-order valence-corrected chi connectivity index (χ0v) is 30.5. The molecule has 0 unspecified atom stereocenters. The SMILES string of the molecule is c1ccc2cc3c(cc2c1)c1c2c4ccccc4n4c5ccccc5c(cc1n3-c1nc(-n3c5ccccc5c5c6ccccc6ccc53)nc3ccccc13)c24. The van der Waals surface area contributed by atoms with E-state index in [0.717, 1.165) is 38.8 Å². The molecule has 0 aliphatic heterocycles. The third kappa shape index (κ3) is 3.69. The second-order valence-corrected chi connectivity index (χ2v) is 15.4. The van der Waals surface area contributed by atoms with Gasteiger partial charge in [0.05, 0.1) is 44.1 Å². The van der Waals surface area contributed by atoms with Gasteiger partial charge in [-0.25, -0.2) is 4.98 Å². The van der Waals surface area contributed by atoms with Crippen LogP contribution in [-0.2, 0) is 0 Å². The third-order valence-electron chi connectivity index (χ3n) is 12.5. The molecule has 0 spiro atoms. The van der Waals surface area contributed by atoms with E-state index < -0.39 is 0 Å². The Labute approximate surface area is 324 Å². The number of aromatic nitrogens is 5. The van der Waals surface area contributed by atoms with Gasteiger partial charge in [0.25, 0.3) is 0 Å². The Hall–Kier alpha value is -7.76. The predicted molar refractivity (Wildman–Crippen MR) is 238 cm³/mol. The van der Waals surface area contributed by atoms with Crippen LogP contribution in [0.25, 0.3) is 126 Å². The molecular weight excluding hydrogens is 695 g/mol. The maximum Gasteiger partial charge on any atom is 0.237 e. The average molecular weight is 724 g/mol. The lowest BCUT2D eigenvalue weighted by molar-refractivity contribution is 0.973. The van der Waals surface area contributed by atoms with E-state index in [4.69, 9.17) is 9.97 Å². The van der Waals surface area contributed by atoms with Crippen molar-refractivity contribution in [3.05, 3.63) is 176 Å². The monoisotopic (exact) mass is 723 g/mol. The van der Waals surface area contributed by atoms with Gasteiger partial charge in [-0.05, 0) is 76.1 Å². The van der Waals surface area contributed by atoms with Crippen molar-refractivity contribution >= 4 is 114 Å². The van der Waals surface area contributed by atoms with Gasteiger partial charge in [0.15, 0.2) is 5.82 Å². The smallest absolute Gasteiger partial charge is 0.237 e. The third-order valence-corrected chi connectivity index (χ3v) is 12.5. The maximum absolute atomic E-state index is 5.70. The van der Waals surface area contributed by atoms with Gasteiger partial charge in [-0.3, -0.25) is 9.13 Å². The van der Waals surface area contributed by atoms with Gasteiger partial charge in [-0.2, -0.15) is 4.98 Å². The first-order chi connectivity index (χ1) is 28.3. The minimum atomic E-state index is 0.647. The van der Waals surface area contributed by atoms with Crippen LogP contribution in [0.3, 0.4) is 0 Å². The minimum Gasteiger partial charge on any atom is -0.308 e. The van der Waals surface area contributed by atoms with Gasteiger partial charge in [-0.15, -0.1) is 0 Å². The van der Waals surface area contributed by atoms with Crippen LogP contribution < -0.4 is 0 Å². The van der Waals surface area contributed by atoms with E-state index in [0.29, 0.717) is 5.95 Å². The van der Waals surface area contributed by atoms with E-state index in [1.54, 1.807) is 0 Å². The molecule has 0 N–H and O–H groups in total. The lowest BCUT2D eigenvalue weighted by Gasteiger charge is -2.14. The van der Waals surface area contributed by atoms with Crippen LogP contribution in [-0.4, -0.2) is 23.5 Å². The Morgan fingerprint density at radius 2 is 0.930 bits per heavy atom. The number of benzene rings is 9. The van der Waals surface area contributed by atoms with Crippen LogP contribution >= 0.6 is 0 Å². The standard InChI is InChI=1S/C52H29N5/c1-2-15-32-28-45-39(27-31(32)14-1)48-46(29-38-34-17-6-10-22-41(34)55-42-23-11-8-20-37(42)49(48)50(38)55)56(45)51-35-18-5-9-21-40(35)53-52(54-51)57-43-24-12-7-19-36(43)47-33-16-4-3-13-30(33)25-26-44(47)57/h1-29H. The van der Waals surface area contributed by atoms with Gasteiger partial charge >= 0.3 is 0 Å². The fourth-order valence-electron chi connectivity index (χ4n) is 10.2. The number of hydrogen-bond acceptors (Lipinski definition) is 2. The van der Waals surface area contributed by atoms with Gasteiger partial charge < -0.3 is 4.40 Å². The molecule has 0 amide bonds. The Balaban J connectivity index is 1.21. The van der Waals surface area contributed by atoms with Crippen molar-refractivity contribution in [2.24, 2.45) is 0 Å². The molecular formula is C52H29N5. The summed E-state index contributed by atoms with van der Waals surface area (Å²) in [5.41, 5.74) is 9.03. The number of rotatable bonds is 2. The molecule has 0 radical (unpaired) electrons. The Bertz CT molecular complexity index is 4050. The molecule has 0 saturated heterocycles. The molecule has 0 aliphatic rings. The number of fused-ring (bicyclic) bond motifs is 17. The first-order valence-corrected chi connectivity index (χ1v) is 19.5. The predicted octanol–water partition coefficient (Wildman–Crippen LogP) is 13.3. The normalized spacial score (nSPS) is 12.6. The summed E-state index contributed by atoms with van der Waals surface area (Å²) in [6, 6.07) is 63.8. The molecule has 0 atom stereocenters. The lowest BCUT2D eigenvalue weighted by atomic mass is 10.0. The van der Waals surface area contributed by atoms with Crippen LogP contribution in [0.1, 0.15) is 0 Å². The van der Waals surface area contributed by atoms with E-state index in [2.05, 4.69) is 189 Å². The molecule has 5 aromatic heterocycles. The van der Waals surface area contributed by atoms with Crippen LogP contribution in [0.5, 0.6) is 0 Å². The van der Waals surface area contributed by atoms with Gasteiger partial charge in [0.1, 0.15) is 0 Å². The van der Waals surface area contributed by atoms with E-state index in [-0.39, 0.29) is 0 Å². The van der Waals surface area contributed by atoms with Gasteiger partial charge in [-0.1, -0.05) is 121 Å². The summed E-state index contributed by atoms with van der Waals surface area (Å²) >= 11 is 0. The molecule has 5 nitrogen and oxygen atoms in total. The van der Waals surface area contributed by atoms with Crippen LogP contribution in [0.4, 0.5) is 0 Å². The number of para-hydroxylation sites is 4. The molecule has 14 rings (SSSR count). The average Bonchev–Trinajstić information content (AvgIpc) is 3.99. The van der Waals surface area contributed by atoms with Gasteiger partial charge in [0, 0.05) is 48.5 Å². The molecule has 0 aliphatic carbocycles. The number of hydrogen-bond donors (Lipinski definition) is 0. The Morgan fingerprint density at radius 1 is 0.316 bits per heavy atom. The van der Waals surface area contributed by atoms with E-state index in [9.17, 15) is 0 Å². The van der Waals surface area contributed by atoms with E-state index >= 15 is 0 Å². The fourth-order valence-corrected chi connectivity index (χ4v) is 10.2. The summed E-state index contributed by atoms with van der Waals surface area (Å²) in [6.07, 6.45) is 0. The first kappa shape index (κ1) is 29.6. The summed E-state index contributed by atoms with van der Waals surface area (Å²) in [7, 11) is 0. The summed E-state index contributed by atoms with van der Waals surface area (Å²) in [6.45, 7) is 0. The van der Waals surface area contributed by atoms with Crippen molar-refractivity contribution in [3.8, 4) is 11.8 Å². The lowest BCUT2D eigenvalue weighted by Crippen LogP contribution is -2.07. The summed E-state index contributed by atoms with van der Waals surface area (Å²) in [4.78, 5) is 11.1. The highest BCUT2D eigenvalue weighted by atomic mass is 15.2. The van der Waals surface area contributed by atoms with Crippen molar-refractivity contribution in [2.75, 3.05) is 0 Å². The zero-order valence-electron chi connectivity index (χ0n) is 30.5. The van der Waals surface area contributed by atoms with E-state index in [1.165, 1.54) is 81.2 Å². The fraction of sp³-hybridized carbons (Fsp3) is 0. The van der Waals surface area contributed by atoms with Crippen molar-refractivity contribution in [1.82, 2.24) is 23.5 Å². The molecule has 14 aromatic rings. The summed E-state index contributed by atoms with van der Waals surface area (Å²) in [5.74, 6) is 1.51. The van der Waals surface area contributed by atoms with Crippen molar-refractivity contribution in [2.45, 2.75) is 0 Å². The largest absolute Gasteiger partial charge is 0.308 e. The second kappa shape index (κ2) is 10.5. The van der Waals surface area contributed by atoms with Crippen molar-refractivity contribution in [3.63, 3.8) is 0 Å². The molecule has 5 heteroatoms. The van der Waals surface area contributed by atoms with Crippen LogP contribution in [0.15, 0.2) is 176 Å². The van der Waals surface area contributed by atoms with Crippen molar-refractivity contribution < 1.29 is 0 Å². The van der Waals surface area contributed by atoms with Gasteiger partial charge in [0.2, 0.25) is 5.95 Å². The van der Waals surface area contributed by atoms with Crippen molar-refractivity contribution in [1.29, 1.82) is 0 Å². The zero-order chi connectivity index (χ0) is 36.9. The van der Waals surface area contributed by atoms with Crippen LogP contribution in [0.2, 0.25) is 0 Å². The minimum absolute atomic E-state index is 0.647. The van der Waals surface area contributed by atoms with E-state index in [1.807, 2.05) is 0 Å². The highest BCUT2D eigenvalue weighted by molar-refractivity contribution is 6.36. The molecule has 57 heavy (non-hydrogen) atoms. The molecule has 5 heterocycles. The quantitative estimate of drug-likeness (QED) is 0.178. The second-order valence-electron chi connectivity index (χ2n) is 15.4. The highest BCUT2D eigenvalue weighted by Gasteiger charge is 2.26. The molecule has 262 valence electrons. The highest BCUT2D eigenvalue weighted by Crippen LogP contribution is 2.48. The molecule has 0 saturated carbocycles. The maximum atomic E-state index is 5.70. The summed E-state index contributed by atoms with van der Waals surface area (Å²) in [5, 5.41) is 15.7. The molecule has 9 aromatic carbocycles. The number of nitrogens with zero attached hydrogens (tertiary/aromatic N) is 5. The summed E-state index contributed by atoms with van der Waals surface area (Å²) < 4.78 is 7.16. The molecule has 0 bridgehead atoms. The Morgan fingerprint density at radius 3 is 1.74 bits per heavy atom. The Kier molecular flexibility index (Phi) is 5.45. The molecule has 0 fully saturated rings. The van der Waals surface area contributed by atoms with Crippen LogP contribution in [0, 0.1) is 0 Å².